The molecule has 194 valence electrons. The van der Waals surface area contributed by atoms with Gasteiger partial charge in [0.2, 0.25) is 0 Å². The first-order valence-corrected chi connectivity index (χ1v) is 12.4. The van der Waals surface area contributed by atoms with Crippen LogP contribution in [-0.4, -0.2) is 62.1 Å². The maximum Gasteiger partial charge on any atom is 0.338 e. The first-order valence-electron chi connectivity index (χ1n) is 12.4. The summed E-state index contributed by atoms with van der Waals surface area (Å²) in [6.07, 6.45) is 0.269. The summed E-state index contributed by atoms with van der Waals surface area (Å²) >= 11 is 0. The molecule has 2 heterocycles. The molecule has 2 aliphatic rings. The second kappa shape index (κ2) is 11.5. The van der Waals surface area contributed by atoms with Crippen molar-refractivity contribution in [3.8, 4) is 0 Å². The Morgan fingerprint density at radius 1 is 0.605 bits per heavy atom. The topological polar surface area (TPSA) is 112 Å². The van der Waals surface area contributed by atoms with Gasteiger partial charge in [-0.25, -0.2) is 9.59 Å². The molecule has 0 bridgehead atoms. The van der Waals surface area contributed by atoms with Crippen molar-refractivity contribution in [2.24, 2.45) is 0 Å². The van der Waals surface area contributed by atoms with E-state index in [1.165, 1.54) is 0 Å². The Labute approximate surface area is 219 Å². The molecule has 2 aliphatic heterocycles. The van der Waals surface area contributed by atoms with Gasteiger partial charge >= 0.3 is 11.9 Å². The van der Waals surface area contributed by atoms with Crippen molar-refractivity contribution in [1.29, 1.82) is 0 Å². The van der Waals surface area contributed by atoms with E-state index in [2.05, 4.69) is 0 Å². The lowest BCUT2D eigenvalue weighted by Crippen LogP contribution is -2.11. The summed E-state index contributed by atoms with van der Waals surface area (Å²) in [7, 11) is 0. The molecule has 8 nitrogen and oxygen atoms in total. The fourth-order valence-electron chi connectivity index (χ4n) is 3.79. The molecule has 5 rings (SSSR count). The number of ether oxygens (including phenoxy) is 4. The van der Waals surface area contributed by atoms with Crippen LogP contribution in [0.4, 0.5) is 0 Å². The number of Topliss-reactive ketones (excluding diaryl/α,β-unsaturated/α-hetero) is 2. The molecular formula is C30H26O8. The number of esters is 2. The number of hydrogen-bond acceptors (Lipinski definition) is 8. The van der Waals surface area contributed by atoms with E-state index in [1.54, 1.807) is 72.8 Å². The number of carbonyl (C=O) groups excluding carboxylic acids is 4. The van der Waals surface area contributed by atoms with Crippen molar-refractivity contribution >= 4 is 23.5 Å². The second-order valence-electron chi connectivity index (χ2n) is 9.28. The average molecular weight is 515 g/mol. The normalized spacial score (nSPS) is 17.4. The Balaban J connectivity index is 1.15. The van der Waals surface area contributed by atoms with Crippen LogP contribution < -0.4 is 0 Å². The quantitative estimate of drug-likeness (QED) is 0.205. The van der Waals surface area contributed by atoms with Gasteiger partial charge in [-0.15, -0.1) is 0 Å². The number of carbonyl (C=O) groups is 4. The van der Waals surface area contributed by atoms with E-state index in [0.29, 0.717) is 35.5 Å². The van der Waals surface area contributed by atoms with Crippen LogP contribution in [0.2, 0.25) is 0 Å². The van der Waals surface area contributed by atoms with Gasteiger partial charge in [-0.3, -0.25) is 9.59 Å². The first kappa shape index (κ1) is 25.5. The molecule has 38 heavy (non-hydrogen) atoms. The summed E-state index contributed by atoms with van der Waals surface area (Å²) in [6.45, 7) is 1.71. The molecule has 0 aliphatic carbocycles. The number of ketones is 2. The van der Waals surface area contributed by atoms with Crippen molar-refractivity contribution < 1.29 is 38.1 Å². The molecule has 0 saturated carbocycles. The molecule has 3 aromatic carbocycles. The number of hydrogen-bond donors (Lipinski definition) is 0. The molecule has 2 saturated heterocycles. The lowest BCUT2D eigenvalue weighted by Gasteiger charge is -2.07. The average Bonchev–Trinajstić information content (AvgIpc) is 3.87. The maximum absolute atomic E-state index is 12.9. The van der Waals surface area contributed by atoms with Gasteiger partial charge in [-0.05, 0) is 41.5 Å². The van der Waals surface area contributed by atoms with Gasteiger partial charge in [-0.1, -0.05) is 42.5 Å². The SMILES string of the molecule is O=C(Cc1ccc(C(=O)OCC2CO2)cc1)c1cccc(C(=O)Cc2ccc(C(=O)OCC3CO3)cc2)c1. The Morgan fingerprint density at radius 3 is 1.37 bits per heavy atom. The van der Waals surface area contributed by atoms with E-state index in [0.717, 1.165) is 11.1 Å². The highest BCUT2D eigenvalue weighted by atomic mass is 16.6. The Kier molecular flexibility index (Phi) is 7.72. The van der Waals surface area contributed by atoms with Gasteiger partial charge in [0.05, 0.1) is 24.3 Å². The molecule has 0 spiro atoms. The van der Waals surface area contributed by atoms with Gasteiger partial charge < -0.3 is 18.9 Å². The molecule has 0 N–H and O–H groups in total. The van der Waals surface area contributed by atoms with E-state index in [4.69, 9.17) is 18.9 Å². The van der Waals surface area contributed by atoms with Crippen molar-refractivity contribution in [3.05, 3.63) is 106 Å². The minimum atomic E-state index is -0.428. The highest BCUT2D eigenvalue weighted by Gasteiger charge is 2.25. The summed E-state index contributed by atoms with van der Waals surface area (Å²) in [5, 5.41) is 0. The van der Waals surface area contributed by atoms with Crippen LogP contribution in [-0.2, 0) is 31.8 Å². The monoisotopic (exact) mass is 514 g/mol. The zero-order valence-electron chi connectivity index (χ0n) is 20.6. The first-order chi connectivity index (χ1) is 18.4. The van der Waals surface area contributed by atoms with Crippen molar-refractivity contribution in [3.63, 3.8) is 0 Å². The van der Waals surface area contributed by atoms with Crippen molar-refractivity contribution in [1.82, 2.24) is 0 Å². The smallest absolute Gasteiger partial charge is 0.338 e. The Morgan fingerprint density at radius 2 is 1.00 bits per heavy atom. The fourth-order valence-corrected chi connectivity index (χ4v) is 3.79. The van der Waals surface area contributed by atoms with E-state index >= 15 is 0 Å². The van der Waals surface area contributed by atoms with E-state index in [1.807, 2.05) is 0 Å². The predicted octanol–water partition coefficient (Wildman–Crippen LogP) is 3.65. The number of rotatable bonds is 12. The highest BCUT2D eigenvalue weighted by Crippen LogP contribution is 2.16. The van der Waals surface area contributed by atoms with Crippen LogP contribution in [0, 0.1) is 0 Å². The third-order valence-corrected chi connectivity index (χ3v) is 6.22. The van der Waals surface area contributed by atoms with Crippen LogP contribution in [0.25, 0.3) is 0 Å². The molecule has 2 atom stereocenters. The predicted molar refractivity (Wildman–Crippen MR) is 135 cm³/mol. The zero-order valence-corrected chi connectivity index (χ0v) is 20.6. The van der Waals surface area contributed by atoms with Gasteiger partial charge in [0.25, 0.3) is 0 Å². The van der Waals surface area contributed by atoms with Gasteiger partial charge in [0.15, 0.2) is 11.6 Å². The standard InChI is InChI=1S/C30H26O8/c31-27(12-19-4-8-21(9-5-19)29(33)37-17-25-15-35-25)23-2-1-3-24(14-23)28(32)13-20-6-10-22(11-7-20)30(34)38-18-26-16-36-26/h1-11,14,25-26H,12-13,15-18H2. The van der Waals surface area contributed by atoms with Crippen molar-refractivity contribution in [2.45, 2.75) is 25.0 Å². The number of epoxide rings is 2. The van der Waals surface area contributed by atoms with E-state index in [9.17, 15) is 19.2 Å². The lowest BCUT2D eigenvalue weighted by molar-refractivity contribution is 0.0468. The van der Waals surface area contributed by atoms with Crippen LogP contribution in [0.5, 0.6) is 0 Å². The molecule has 2 fully saturated rings. The summed E-state index contributed by atoms with van der Waals surface area (Å²) in [6, 6.07) is 20.0. The molecule has 2 unspecified atom stereocenters. The molecule has 8 heteroatoms. The summed E-state index contributed by atoms with van der Waals surface area (Å²) < 4.78 is 20.4. The molecule has 3 aromatic rings. The van der Waals surface area contributed by atoms with Gasteiger partial charge in [0.1, 0.15) is 25.4 Å². The van der Waals surface area contributed by atoms with E-state index in [-0.39, 0.29) is 49.8 Å². The fraction of sp³-hybridized carbons (Fsp3) is 0.267. The molecule has 0 radical (unpaired) electrons. The summed E-state index contributed by atoms with van der Waals surface area (Å²) in [4.78, 5) is 49.9. The summed E-state index contributed by atoms with van der Waals surface area (Å²) in [5.74, 6) is -1.13. The third kappa shape index (κ3) is 7.00. The largest absolute Gasteiger partial charge is 0.459 e. The lowest BCUT2D eigenvalue weighted by atomic mass is 9.97. The van der Waals surface area contributed by atoms with Gasteiger partial charge in [0, 0.05) is 24.0 Å². The van der Waals surface area contributed by atoms with Gasteiger partial charge in [-0.2, -0.15) is 0 Å². The van der Waals surface area contributed by atoms with Crippen LogP contribution in [0.3, 0.4) is 0 Å². The van der Waals surface area contributed by atoms with Crippen LogP contribution in [0.1, 0.15) is 52.6 Å². The molecular weight excluding hydrogens is 488 g/mol. The maximum atomic E-state index is 12.9. The number of benzene rings is 3. The van der Waals surface area contributed by atoms with Crippen LogP contribution in [0.15, 0.2) is 72.8 Å². The minimum absolute atomic E-state index is 0.00218. The minimum Gasteiger partial charge on any atom is -0.459 e. The second-order valence-corrected chi connectivity index (χ2v) is 9.28. The third-order valence-electron chi connectivity index (χ3n) is 6.22. The molecule has 0 amide bonds. The highest BCUT2D eigenvalue weighted by molar-refractivity contribution is 6.02. The zero-order chi connectivity index (χ0) is 26.5. The van der Waals surface area contributed by atoms with Crippen molar-refractivity contribution in [2.75, 3.05) is 26.4 Å². The summed E-state index contributed by atoms with van der Waals surface area (Å²) in [5.41, 5.74) is 3.18. The Hall–Kier alpha value is -4.14. The molecule has 0 aromatic heterocycles. The van der Waals surface area contributed by atoms with Crippen LogP contribution >= 0.6 is 0 Å². The Bertz CT molecular complexity index is 1230. The van der Waals surface area contributed by atoms with E-state index < -0.39 is 11.9 Å².